The number of rotatable bonds is 7. The Balaban J connectivity index is 1.44. The molecule has 2 aromatic carbocycles. The fraction of sp³-hybridized carbons (Fsp3) is 0.409. The highest BCUT2D eigenvalue weighted by molar-refractivity contribution is 5.87. The standard InChI is InChI=1S/C22H25NO2/c1-25-19-14-10-17(11-15-19)21-20(22(24)23(21)18-12-13-18)9-5-8-16-6-3-2-4-7-16/h2-4,6-7,10-11,14-15,18,20-21H,5,8-9,12-13H2,1H3/t20-,21-/m1/s1. The van der Waals surface area contributed by atoms with Gasteiger partial charge in [0.05, 0.1) is 19.1 Å². The third kappa shape index (κ3) is 3.28. The Kier molecular flexibility index (Phi) is 4.48. The maximum absolute atomic E-state index is 12.7. The fourth-order valence-corrected chi connectivity index (χ4v) is 3.98. The van der Waals surface area contributed by atoms with Crippen LogP contribution in [0.25, 0.3) is 0 Å². The van der Waals surface area contributed by atoms with Crippen LogP contribution in [0, 0.1) is 5.92 Å². The zero-order valence-electron chi connectivity index (χ0n) is 14.7. The van der Waals surface area contributed by atoms with Crippen molar-refractivity contribution < 1.29 is 9.53 Å². The number of hydrogen-bond acceptors (Lipinski definition) is 2. The first-order valence-electron chi connectivity index (χ1n) is 9.28. The van der Waals surface area contributed by atoms with E-state index in [1.165, 1.54) is 11.1 Å². The number of likely N-dealkylation sites (tertiary alicyclic amines) is 1. The van der Waals surface area contributed by atoms with E-state index in [2.05, 4.69) is 41.3 Å². The van der Waals surface area contributed by atoms with E-state index in [0.717, 1.165) is 37.9 Å². The van der Waals surface area contributed by atoms with E-state index in [1.807, 2.05) is 18.2 Å². The van der Waals surface area contributed by atoms with Crippen molar-refractivity contribution in [3.63, 3.8) is 0 Å². The molecule has 2 atom stereocenters. The summed E-state index contributed by atoms with van der Waals surface area (Å²) in [5.41, 5.74) is 2.60. The van der Waals surface area contributed by atoms with E-state index in [9.17, 15) is 4.79 Å². The molecule has 3 heteroatoms. The topological polar surface area (TPSA) is 29.5 Å². The summed E-state index contributed by atoms with van der Waals surface area (Å²) in [5, 5.41) is 0. The lowest BCUT2D eigenvalue weighted by Gasteiger charge is -2.48. The number of β-lactam (4-membered cyclic amide) rings is 1. The van der Waals surface area contributed by atoms with Gasteiger partial charge in [-0.1, -0.05) is 42.5 Å². The zero-order chi connectivity index (χ0) is 17.2. The van der Waals surface area contributed by atoms with Crippen LogP contribution < -0.4 is 4.74 Å². The molecule has 0 radical (unpaired) electrons. The Morgan fingerprint density at radius 2 is 1.76 bits per heavy atom. The van der Waals surface area contributed by atoms with Gasteiger partial charge in [-0.15, -0.1) is 0 Å². The van der Waals surface area contributed by atoms with Gasteiger partial charge in [0.2, 0.25) is 5.91 Å². The molecule has 130 valence electrons. The molecular weight excluding hydrogens is 310 g/mol. The Labute approximate surface area is 149 Å². The number of ether oxygens (including phenoxy) is 1. The van der Waals surface area contributed by atoms with Gasteiger partial charge in [-0.2, -0.15) is 0 Å². The summed E-state index contributed by atoms with van der Waals surface area (Å²) in [6.45, 7) is 0. The van der Waals surface area contributed by atoms with E-state index in [-0.39, 0.29) is 12.0 Å². The summed E-state index contributed by atoms with van der Waals surface area (Å²) in [6.07, 6.45) is 5.40. The minimum atomic E-state index is 0.137. The van der Waals surface area contributed by atoms with Crippen LogP contribution in [-0.4, -0.2) is 24.0 Å². The summed E-state index contributed by atoms with van der Waals surface area (Å²) in [4.78, 5) is 14.8. The van der Waals surface area contributed by atoms with E-state index in [0.29, 0.717) is 11.9 Å². The molecule has 0 aromatic heterocycles. The van der Waals surface area contributed by atoms with Crippen molar-refractivity contribution in [3.8, 4) is 5.75 Å². The smallest absolute Gasteiger partial charge is 0.228 e. The van der Waals surface area contributed by atoms with Gasteiger partial charge >= 0.3 is 0 Å². The first-order valence-corrected chi connectivity index (χ1v) is 9.28. The van der Waals surface area contributed by atoms with E-state index in [4.69, 9.17) is 4.74 Å². The monoisotopic (exact) mass is 335 g/mol. The van der Waals surface area contributed by atoms with E-state index in [1.54, 1.807) is 7.11 Å². The summed E-state index contributed by atoms with van der Waals surface area (Å²) >= 11 is 0. The number of carbonyl (C=O) groups is 1. The van der Waals surface area contributed by atoms with Crippen LogP contribution in [0.1, 0.15) is 42.9 Å². The second kappa shape index (κ2) is 6.91. The molecule has 0 N–H and O–H groups in total. The van der Waals surface area contributed by atoms with Crippen molar-refractivity contribution >= 4 is 5.91 Å². The van der Waals surface area contributed by atoms with Crippen molar-refractivity contribution in [2.75, 3.05) is 7.11 Å². The van der Waals surface area contributed by atoms with Gasteiger partial charge in [-0.3, -0.25) is 4.79 Å². The van der Waals surface area contributed by atoms with Crippen LogP contribution in [0.5, 0.6) is 5.75 Å². The minimum absolute atomic E-state index is 0.137. The third-order valence-corrected chi connectivity index (χ3v) is 5.47. The summed E-state index contributed by atoms with van der Waals surface area (Å²) in [5.74, 6) is 1.36. The largest absolute Gasteiger partial charge is 0.497 e. The molecule has 25 heavy (non-hydrogen) atoms. The number of aryl methyl sites for hydroxylation is 1. The van der Waals surface area contributed by atoms with Gasteiger partial charge in [-0.05, 0) is 55.4 Å². The summed E-state index contributed by atoms with van der Waals surface area (Å²) < 4.78 is 5.27. The Morgan fingerprint density at radius 1 is 1.04 bits per heavy atom. The highest BCUT2D eigenvalue weighted by Gasteiger charge is 2.52. The molecule has 2 aromatic rings. The third-order valence-electron chi connectivity index (χ3n) is 5.47. The maximum atomic E-state index is 12.7. The van der Waals surface area contributed by atoms with E-state index < -0.39 is 0 Å². The number of carbonyl (C=O) groups excluding carboxylic acids is 1. The first kappa shape index (κ1) is 16.2. The predicted molar refractivity (Wildman–Crippen MR) is 98.5 cm³/mol. The summed E-state index contributed by atoms with van der Waals surface area (Å²) in [6, 6.07) is 19.5. The van der Waals surface area contributed by atoms with Crippen LogP contribution in [0.2, 0.25) is 0 Å². The molecule has 1 aliphatic heterocycles. The minimum Gasteiger partial charge on any atom is -0.497 e. The van der Waals surface area contributed by atoms with Gasteiger partial charge in [0.15, 0.2) is 0 Å². The highest BCUT2D eigenvalue weighted by atomic mass is 16.5. The van der Waals surface area contributed by atoms with E-state index >= 15 is 0 Å². The molecule has 2 aliphatic rings. The van der Waals surface area contributed by atoms with Gasteiger partial charge in [0.25, 0.3) is 0 Å². The fourth-order valence-electron chi connectivity index (χ4n) is 3.98. The first-order chi connectivity index (χ1) is 12.3. The van der Waals surface area contributed by atoms with Crippen molar-refractivity contribution in [1.29, 1.82) is 0 Å². The number of nitrogens with zero attached hydrogens (tertiary/aromatic N) is 1. The molecule has 1 amide bonds. The van der Waals surface area contributed by atoms with Gasteiger partial charge < -0.3 is 9.64 Å². The van der Waals surface area contributed by atoms with Crippen LogP contribution in [0.15, 0.2) is 54.6 Å². The number of methoxy groups -OCH3 is 1. The number of benzene rings is 2. The highest BCUT2D eigenvalue weighted by Crippen LogP contribution is 2.49. The SMILES string of the molecule is COc1ccc([C@@H]2[C@@H](CCCc3ccccc3)C(=O)N2C2CC2)cc1. The van der Waals surface area contributed by atoms with Gasteiger partial charge in [0, 0.05) is 6.04 Å². The van der Waals surface area contributed by atoms with Crippen LogP contribution >= 0.6 is 0 Å². The van der Waals surface area contributed by atoms with Crippen molar-refractivity contribution in [3.05, 3.63) is 65.7 Å². The Morgan fingerprint density at radius 3 is 2.40 bits per heavy atom. The number of hydrogen-bond donors (Lipinski definition) is 0. The quantitative estimate of drug-likeness (QED) is 0.703. The molecule has 0 spiro atoms. The molecule has 2 fully saturated rings. The number of amides is 1. The molecule has 1 saturated heterocycles. The summed E-state index contributed by atoms with van der Waals surface area (Å²) in [7, 11) is 1.69. The van der Waals surface area contributed by atoms with Crippen molar-refractivity contribution in [1.82, 2.24) is 4.90 Å². The second-order valence-corrected chi connectivity index (χ2v) is 7.18. The van der Waals surface area contributed by atoms with Crippen molar-refractivity contribution in [2.45, 2.75) is 44.2 Å². The van der Waals surface area contributed by atoms with Gasteiger partial charge in [0.1, 0.15) is 5.75 Å². The molecule has 1 heterocycles. The lowest BCUT2D eigenvalue weighted by atomic mass is 9.78. The molecule has 1 saturated carbocycles. The van der Waals surface area contributed by atoms with Crippen molar-refractivity contribution in [2.24, 2.45) is 5.92 Å². The lowest BCUT2D eigenvalue weighted by molar-refractivity contribution is -0.158. The second-order valence-electron chi connectivity index (χ2n) is 7.18. The lowest BCUT2D eigenvalue weighted by Crippen LogP contribution is -2.55. The molecular formula is C22H25NO2. The maximum Gasteiger partial charge on any atom is 0.228 e. The molecule has 1 aliphatic carbocycles. The molecule has 3 nitrogen and oxygen atoms in total. The average Bonchev–Trinajstić information content (AvgIpc) is 3.48. The Hall–Kier alpha value is -2.29. The molecule has 0 bridgehead atoms. The van der Waals surface area contributed by atoms with Crippen LogP contribution in [-0.2, 0) is 11.2 Å². The average molecular weight is 335 g/mol. The Bertz CT molecular complexity index is 721. The molecule has 0 unspecified atom stereocenters. The van der Waals surface area contributed by atoms with Crippen LogP contribution in [0.3, 0.4) is 0 Å². The normalized spacial score (nSPS) is 22.6. The predicted octanol–water partition coefficient (Wildman–Crippen LogP) is 4.38. The zero-order valence-corrected chi connectivity index (χ0v) is 14.7. The van der Waals surface area contributed by atoms with Crippen LogP contribution in [0.4, 0.5) is 0 Å². The molecule has 4 rings (SSSR count). The van der Waals surface area contributed by atoms with Gasteiger partial charge in [-0.25, -0.2) is 0 Å².